The van der Waals surface area contributed by atoms with Gasteiger partial charge in [0, 0.05) is 29.8 Å². The zero-order valence-corrected chi connectivity index (χ0v) is 16.5. The van der Waals surface area contributed by atoms with Gasteiger partial charge in [0.15, 0.2) is 0 Å². The summed E-state index contributed by atoms with van der Waals surface area (Å²) in [5.74, 6) is 0.941. The Morgan fingerprint density at radius 1 is 1.13 bits per heavy atom. The monoisotopic (exact) mass is 408 g/mol. The maximum absolute atomic E-state index is 12.8. The molecule has 2 aromatic carbocycles. The minimum atomic E-state index is -0.471. The van der Waals surface area contributed by atoms with E-state index >= 15 is 0 Å². The Kier molecular flexibility index (Phi) is 5.09. The summed E-state index contributed by atoms with van der Waals surface area (Å²) in [5.41, 5.74) is 2.07. The molecule has 0 unspecified atom stereocenters. The summed E-state index contributed by atoms with van der Waals surface area (Å²) >= 11 is 0. The van der Waals surface area contributed by atoms with Crippen LogP contribution in [0, 0.1) is 10.1 Å². The number of carbonyl (C=O) groups is 1. The molecule has 30 heavy (non-hydrogen) atoms. The van der Waals surface area contributed by atoms with Crippen LogP contribution in [0.3, 0.4) is 0 Å². The molecule has 1 aliphatic rings. The summed E-state index contributed by atoms with van der Waals surface area (Å²) in [6.07, 6.45) is 1.91. The summed E-state index contributed by atoms with van der Waals surface area (Å²) in [4.78, 5) is 23.3. The third-order valence-electron chi connectivity index (χ3n) is 4.84. The molecule has 4 rings (SSSR count). The molecule has 9 heteroatoms. The summed E-state index contributed by atoms with van der Waals surface area (Å²) in [5, 5.41) is 18.5. The number of carbonyl (C=O) groups excluding carboxylic acids is 1. The van der Waals surface area contributed by atoms with Gasteiger partial charge in [-0.15, -0.1) is 0 Å². The van der Waals surface area contributed by atoms with Gasteiger partial charge in [0.25, 0.3) is 11.6 Å². The van der Waals surface area contributed by atoms with Crippen molar-refractivity contribution in [3.05, 3.63) is 64.3 Å². The molecule has 0 bridgehead atoms. The first-order chi connectivity index (χ1) is 14.5. The predicted octanol–water partition coefficient (Wildman–Crippen LogP) is 3.36. The molecule has 1 aromatic heterocycles. The van der Waals surface area contributed by atoms with Crippen LogP contribution >= 0.6 is 0 Å². The number of hydrogen-bond donors (Lipinski definition) is 1. The van der Waals surface area contributed by atoms with E-state index in [1.165, 1.54) is 16.8 Å². The zero-order chi connectivity index (χ0) is 21.3. The van der Waals surface area contributed by atoms with Crippen LogP contribution in [-0.2, 0) is 0 Å². The largest absolute Gasteiger partial charge is 0.497 e. The lowest BCUT2D eigenvalue weighted by molar-refractivity contribution is -0.384. The molecular formula is C21H20N4O5. The smallest absolute Gasteiger partial charge is 0.270 e. The summed E-state index contributed by atoms with van der Waals surface area (Å²) < 4.78 is 12.2. The van der Waals surface area contributed by atoms with Gasteiger partial charge in [-0.1, -0.05) is 0 Å². The molecular weight excluding hydrogens is 388 g/mol. The van der Waals surface area contributed by atoms with E-state index in [2.05, 4.69) is 10.4 Å². The molecule has 1 saturated carbocycles. The second-order valence-electron chi connectivity index (χ2n) is 6.91. The quantitative estimate of drug-likeness (QED) is 0.474. The van der Waals surface area contributed by atoms with Gasteiger partial charge in [-0.3, -0.25) is 14.9 Å². The molecule has 0 radical (unpaired) electrons. The standard InChI is InChI=1S/C21H20N4O5/c1-29-16-9-10-17(20(11-16)30-2)18-12-19(21(26)22-13-3-4-13)24(23-18)14-5-7-15(8-6-14)25(27)28/h5-13H,3-4H2,1-2H3,(H,22,26). The van der Waals surface area contributed by atoms with Gasteiger partial charge in [0.05, 0.1) is 30.5 Å². The predicted molar refractivity (Wildman–Crippen MR) is 109 cm³/mol. The minimum Gasteiger partial charge on any atom is -0.497 e. The maximum Gasteiger partial charge on any atom is 0.270 e. The van der Waals surface area contributed by atoms with Gasteiger partial charge in [-0.05, 0) is 43.2 Å². The van der Waals surface area contributed by atoms with Crippen molar-refractivity contribution in [2.24, 2.45) is 0 Å². The van der Waals surface area contributed by atoms with Crippen molar-refractivity contribution in [2.75, 3.05) is 14.2 Å². The summed E-state index contributed by atoms with van der Waals surface area (Å²) in [6.45, 7) is 0. The van der Waals surface area contributed by atoms with Crippen molar-refractivity contribution in [1.82, 2.24) is 15.1 Å². The number of aromatic nitrogens is 2. The molecule has 1 amide bonds. The fourth-order valence-electron chi connectivity index (χ4n) is 3.08. The van der Waals surface area contributed by atoms with Crippen molar-refractivity contribution in [2.45, 2.75) is 18.9 Å². The average molecular weight is 408 g/mol. The second-order valence-corrected chi connectivity index (χ2v) is 6.91. The first-order valence-electron chi connectivity index (χ1n) is 9.38. The van der Waals surface area contributed by atoms with Crippen LogP contribution in [0.25, 0.3) is 16.9 Å². The number of non-ortho nitro benzene ring substituents is 1. The topological polar surface area (TPSA) is 109 Å². The fraction of sp³-hybridized carbons (Fsp3) is 0.238. The van der Waals surface area contributed by atoms with E-state index in [-0.39, 0.29) is 17.6 Å². The van der Waals surface area contributed by atoms with Gasteiger partial charge < -0.3 is 14.8 Å². The van der Waals surface area contributed by atoms with E-state index in [4.69, 9.17) is 9.47 Å². The fourth-order valence-corrected chi connectivity index (χ4v) is 3.08. The van der Waals surface area contributed by atoms with Crippen molar-refractivity contribution >= 4 is 11.6 Å². The van der Waals surface area contributed by atoms with Crippen LogP contribution in [0.1, 0.15) is 23.3 Å². The lowest BCUT2D eigenvalue weighted by atomic mass is 10.1. The summed E-state index contributed by atoms with van der Waals surface area (Å²) in [6, 6.07) is 13.1. The molecule has 1 heterocycles. The van der Waals surface area contributed by atoms with E-state index in [9.17, 15) is 14.9 Å². The highest BCUT2D eigenvalue weighted by molar-refractivity contribution is 5.95. The normalized spacial score (nSPS) is 13.0. The lowest BCUT2D eigenvalue weighted by Crippen LogP contribution is -2.27. The highest BCUT2D eigenvalue weighted by Gasteiger charge is 2.27. The molecule has 3 aromatic rings. The van der Waals surface area contributed by atoms with Crippen LogP contribution in [0.2, 0.25) is 0 Å². The van der Waals surface area contributed by atoms with Gasteiger partial charge in [-0.2, -0.15) is 5.10 Å². The molecule has 1 aliphatic carbocycles. The maximum atomic E-state index is 12.8. The van der Waals surface area contributed by atoms with Gasteiger partial charge in [-0.25, -0.2) is 4.68 Å². The first-order valence-corrected chi connectivity index (χ1v) is 9.38. The number of hydrogen-bond acceptors (Lipinski definition) is 6. The van der Waals surface area contributed by atoms with Crippen LogP contribution in [0.15, 0.2) is 48.5 Å². The number of ether oxygens (including phenoxy) is 2. The number of nitrogens with zero attached hydrogens (tertiary/aromatic N) is 3. The van der Waals surface area contributed by atoms with Gasteiger partial charge >= 0.3 is 0 Å². The number of nitro benzene ring substituents is 1. The SMILES string of the molecule is COc1ccc(-c2cc(C(=O)NC3CC3)n(-c3ccc([N+](=O)[O-])cc3)n2)c(OC)c1. The number of rotatable bonds is 7. The third kappa shape index (κ3) is 3.82. The van der Waals surface area contributed by atoms with E-state index in [1.54, 1.807) is 44.6 Å². The highest BCUT2D eigenvalue weighted by atomic mass is 16.6. The Labute approximate surface area is 172 Å². The van der Waals surface area contributed by atoms with Gasteiger partial charge in [0.1, 0.15) is 17.2 Å². The van der Waals surface area contributed by atoms with Gasteiger partial charge in [0.2, 0.25) is 0 Å². The molecule has 154 valence electrons. The molecule has 0 aliphatic heterocycles. The van der Waals surface area contributed by atoms with E-state index in [0.29, 0.717) is 34.1 Å². The van der Waals surface area contributed by atoms with Crippen molar-refractivity contribution in [3.8, 4) is 28.4 Å². The Morgan fingerprint density at radius 3 is 2.47 bits per heavy atom. The van der Waals surface area contributed by atoms with E-state index < -0.39 is 4.92 Å². The summed E-state index contributed by atoms with van der Waals surface area (Å²) in [7, 11) is 3.12. The third-order valence-corrected chi connectivity index (χ3v) is 4.84. The highest BCUT2D eigenvalue weighted by Crippen LogP contribution is 2.34. The van der Waals surface area contributed by atoms with Crippen LogP contribution < -0.4 is 14.8 Å². The second kappa shape index (κ2) is 7.86. The number of nitro groups is 1. The van der Waals surface area contributed by atoms with Crippen molar-refractivity contribution in [3.63, 3.8) is 0 Å². The zero-order valence-electron chi connectivity index (χ0n) is 16.5. The molecule has 0 saturated heterocycles. The molecule has 1 fully saturated rings. The van der Waals surface area contributed by atoms with Crippen molar-refractivity contribution < 1.29 is 19.2 Å². The van der Waals surface area contributed by atoms with Crippen molar-refractivity contribution in [1.29, 1.82) is 0 Å². The minimum absolute atomic E-state index is 0.0352. The number of benzene rings is 2. The first kappa shape index (κ1) is 19.4. The Morgan fingerprint density at radius 2 is 1.87 bits per heavy atom. The number of amides is 1. The molecule has 9 nitrogen and oxygen atoms in total. The molecule has 0 atom stereocenters. The molecule has 0 spiro atoms. The number of methoxy groups -OCH3 is 2. The number of nitrogens with one attached hydrogen (secondary N) is 1. The van der Waals surface area contributed by atoms with Crippen LogP contribution in [0.5, 0.6) is 11.5 Å². The van der Waals surface area contributed by atoms with Crippen LogP contribution in [0.4, 0.5) is 5.69 Å². The Bertz CT molecular complexity index is 1100. The van der Waals surface area contributed by atoms with Crippen LogP contribution in [-0.4, -0.2) is 40.9 Å². The van der Waals surface area contributed by atoms with E-state index in [0.717, 1.165) is 12.8 Å². The Balaban J connectivity index is 1.79. The lowest BCUT2D eigenvalue weighted by Gasteiger charge is -2.08. The molecule has 1 N–H and O–H groups in total. The Hall–Kier alpha value is -3.88. The van der Waals surface area contributed by atoms with E-state index in [1.807, 2.05) is 6.07 Å². The average Bonchev–Trinajstić information content (AvgIpc) is 3.47.